The van der Waals surface area contributed by atoms with Gasteiger partial charge in [0.2, 0.25) is 5.91 Å². The lowest BCUT2D eigenvalue weighted by Gasteiger charge is -2.34. The molecule has 1 aliphatic heterocycles. The van der Waals surface area contributed by atoms with E-state index in [0.717, 1.165) is 48.1 Å². The van der Waals surface area contributed by atoms with Crippen molar-refractivity contribution < 1.29 is 4.79 Å². The first-order valence-electron chi connectivity index (χ1n) is 10.2. The van der Waals surface area contributed by atoms with Gasteiger partial charge in [0.25, 0.3) is 0 Å². The molecule has 0 spiro atoms. The zero-order chi connectivity index (χ0) is 20.4. The van der Waals surface area contributed by atoms with Crippen molar-refractivity contribution in [3.8, 4) is 0 Å². The molecule has 2 heterocycles. The number of thiazole rings is 1. The van der Waals surface area contributed by atoms with Crippen molar-refractivity contribution in [2.75, 3.05) is 36.8 Å². The van der Waals surface area contributed by atoms with E-state index in [1.165, 1.54) is 20.7 Å². The lowest BCUT2D eigenvalue weighted by Crippen LogP contribution is -2.49. The second-order valence-electron chi connectivity index (χ2n) is 7.55. The summed E-state index contributed by atoms with van der Waals surface area (Å²) in [6.45, 7) is 9.63. The second kappa shape index (κ2) is 8.76. The molecule has 0 atom stereocenters. The largest absolute Gasteiger partial charge is 0.345 e. The average Bonchev–Trinajstić information content (AvgIpc) is 3.14. The van der Waals surface area contributed by atoms with E-state index in [9.17, 15) is 4.79 Å². The number of benzene rings is 2. The lowest BCUT2D eigenvalue weighted by atomic mass is 10.1. The molecule has 1 aliphatic rings. The number of piperazine rings is 1. The molecule has 0 aliphatic carbocycles. The van der Waals surface area contributed by atoms with Gasteiger partial charge in [-0.15, -0.1) is 11.8 Å². The average molecular weight is 426 g/mol. The monoisotopic (exact) mass is 425 g/mol. The number of carbonyl (C=O) groups excluding carboxylic acids is 1. The fraction of sp³-hybridized carbons (Fsp3) is 0.391. The smallest absolute Gasteiger partial charge is 0.227 e. The van der Waals surface area contributed by atoms with Crippen LogP contribution in [0.25, 0.3) is 10.2 Å². The number of rotatable bonds is 5. The topological polar surface area (TPSA) is 36.4 Å². The molecule has 0 radical (unpaired) electrons. The molecule has 152 valence electrons. The number of fused-ring (bicyclic) bond motifs is 1. The molecule has 3 aromatic rings. The van der Waals surface area contributed by atoms with Crippen LogP contribution in [0.3, 0.4) is 0 Å². The molecule has 29 heavy (non-hydrogen) atoms. The Bertz CT molecular complexity index is 1000. The first-order chi connectivity index (χ1) is 14.0. The van der Waals surface area contributed by atoms with Crippen molar-refractivity contribution in [3.63, 3.8) is 0 Å². The van der Waals surface area contributed by atoms with E-state index in [2.05, 4.69) is 62.1 Å². The standard InChI is InChI=1S/C23H27N3OS2/c1-4-28-19-7-5-18(6-8-19)15-21(27)25-9-11-26(12-10-25)23-24-20-14-16(2)13-17(3)22(20)29-23/h5-8,13-14H,4,9-12,15H2,1-3H3. The predicted octanol–water partition coefficient (Wildman–Crippen LogP) is 4.92. The number of carbonyl (C=O) groups is 1. The third kappa shape index (κ3) is 4.59. The van der Waals surface area contributed by atoms with Crippen LogP contribution < -0.4 is 4.90 Å². The van der Waals surface area contributed by atoms with E-state index < -0.39 is 0 Å². The van der Waals surface area contributed by atoms with Gasteiger partial charge in [-0.1, -0.05) is 36.5 Å². The van der Waals surface area contributed by atoms with Gasteiger partial charge in [0.05, 0.1) is 16.6 Å². The van der Waals surface area contributed by atoms with Gasteiger partial charge in [-0.05, 0) is 54.5 Å². The van der Waals surface area contributed by atoms with Crippen molar-refractivity contribution in [2.24, 2.45) is 0 Å². The zero-order valence-electron chi connectivity index (χ0n) is 17.3. The molecule has 0 N–H and O–H groups in total. The fourth-order valence-electron chi connectivity index (χ4n) is 3.80. The molecular weight excluding hydrogens is 398 g/mol. The summed E-state index contributed by atoms with van der Waals surface area (Å²) < 4.78 is 1.27. The van der Waals surface area contributed by atoms with Gasteiger partial charge in [0.1, 0.15) is 0 Å². The van der Waals surface area contributed by atoms with Crippen molar-refractivity contribution in [1.82, 2.24) is 9.88 Å². The molecule has 1 fully saturated rings. The van der Waals surface area contributed by atoms with Crippen molar-refractivity contribution >= 4 is 44.4 Å². The maximum atomic E-state index is 12.7. The highest BCUT2D eigenvalue weighted by Crippen LogP contribution is 2.32. The molecule has 1 aromatic heterocycles. The number of nitrogens with zero attached hydrogens (tertiary/aromatic N) is 3. The minimum absolute atomic E-state index is 0.219. The maximum absolute atomic E-state index is 12.7. The minimum Gasteiger partial charge on any atom is -0.345 e. The van der Waals surface area contributed by atoms with Crippen LogP contribution in [0.15, 0.2) is 41.3 Å². The Kier molecular flexibility index (Phi) is 6.11. The van der Waals surface area contributed by atoms with E-state index in [-0.39, 0.29) is 5.91 Å². The summed E-state index contributed by atoms with van der Waals surface area (Å²) in [6.07, 6.45) is 0.483. The van der Waals surface area contributed by atoms with Crippen LogP contribution in [-0.4, -0.2) is 47.7 Å². The Hall–Kier alpha value is -2.05. The van der Waals surface area contributed by atoms with Crippen LogP contribution in [0.1, 0.15) is 23.6 Å². The van der Waals surface area contributed by atoms with Crippen molar-refractivity contribution in [2.45, 2.75) is 32.1 Å². The van der Waals surface area contributed by atoms with Crippen LogP contribution in [0.5, 0.6) is 0 Å². The number of aromatic nitrogens is 1. The van der Waals surface area contributed by atoms with Gasteiger partial charge in [-0.25, -0.2) is 4.98 Å². The van der Waals surface area contributed by atoms with Crippen LogP contribution in [0.2, 0.25) is 0 Å². The SMILES string of the molecule is CCSc1ccc(CC(=O)N2CCN(c3nc4cc(C)cc(C)c4s3)CC2)cc1. The molecule has 4 nitrogen and oxygen atoms in total. The molecule has 6 heteroatoms. The normalized spacial score (nSPS) is 14.6. The molecular formula is C23H27N3OS2. The number of anilines is 1. The van der Waals surface area contributed by atoms with Crippen LogP contribution in [-0.2, 0) is 11.2 Å². The Morgan fingerprint density at radius 2 is 1.83 bits per heavy atom. The lowest BCUT2D eigenvalue weighted by molar-refractivity contribution is -0.130. The highest BCUT2D eigenvalue weighted by atomic mass is 32.2. The van der Waals surface area contributed by atoms with Crippen LogP contribution in [0.4, 0.5) is 5.13 Å². The summed E-state index contributed by atoms with van der Waals surface area (Å²) in [5.41, 5.74) is 4.73. The Labute approximate surface area is 180 Å². The molecule has 0 bridgehead atoms. The van der Waals surface area contributed by atoms with Gasteiger partial charge in [0.15, 0.2) is 5.13 Å². The third-order valence-corrected chi connectivity index (χ3v) is 7.46. The number of thioether (sulfide) groups is 1. The van der Waals surface area contributed by atoms with Gasteiger partial charge in [-0.3, -0.25) is 4.79 Å². The van der Waals surface area contributed by atoms with Crippen molar-refractivity contribution in [1.29, 1.82) is 0 Å². The summed E-state index contributed by atoms with van der Waals surface area (Å²) in [5.74, 6) is 1.28. The van der Waals surface area contributed by atoms with Crippen LogP contribution in [0, 0.1) is 13.8 Å². The fourth-order valence-corrected chi connectivity index (χ4v) is 5.53. The van der Waals surface area contributed by atoms with E-state index in [1.807, 2.05) is 16.7 Å². The van der Waals surface area contributed by atoms with Gasteiger partial charge < -0.3 is 9.80 Å². The Balaban J connectivity index is 1.36. The molecule has 4 rings (SSSR count). The summed E-state index contributed by atoms with van der Waals surface area (Å²) in [4.78, 5) is 23.2. The highest BCUT2D eigenvalue weighted by Gasteiger charge is 2.23. The second-order valence-corrected chi connectivity index (χ2v) is 9.86. The zero-order valence-corrected chi connectivity index (χ0v) is 18.9. The molecule has 2 aromatic carbocycles. The maximum Gasteiger partial charge on any atom is 0.227 e. The number of amides is 1. The minimum atomic E-state index is 0.219. The quantitative estimate of drug-likeness (QED) is 0.544. The first kappa shape index (κ1) is 20.2. The van der Waals surface area contributed by atoms with E-state index >= 15 is 0 Å². The Morgan fingerprint density at radius 3 is 2.52 bits per heavy atom. The van der Waals surface area contributed by atoms with Gasteiger partial charge in [-0.2, -0.15) is 0 Å². The molecule has 1 saturated heterocycles. The summed E-state index contributed by atoms with van der Waals surface area (Å²) in [6, 6.07) is 12.8. The predicted molar refractivity (Wildman–Crippen MR) is 124 cm³/mol. The van der Waals surface area contributed by atoms with Gasteiger partial charge >= 0.3 is 0 Å². The highest BCUT2D eigenvalue weighted by molar-refractivity contribution is 7.99. The van der Waals surface area contributed by atoms with Gasteiger partial charge in [0, 0.05) is 31.1 Å². The van der Waals surface area contributed by atoms with Crippen molar-refractivity contribution in [3.05, 3.63) is 53.1 Å². The van der Waals surface area contributed by atoms with E-state index in [4.69, 9.17) is 4.98 Å². The van der Waals surface area contributed by atoms with Crippen LogP contribution >= 0.6 is 23.1 Å². The van der Waals surface area contributed by atoms with E-state index in [1.54, 1.807) is 11.3 Å². The summed E-state index contributed by atoms with van der Waals surface area (Å²) in [5, 5.41) is 1.07. The number of hydrogen-bond donors (Lipinski definition) is 0. The van der Waals surface area contributed by atoms with E-state index in [0.29, 0.717) is 6.42 Å². The summed E-state index contributed by atoms with van der Waals surface area (Å²) >= 11 is 3.59. The molecule has 0 saturated carbocycles. The number of aryl methyl sites for hydroxylation is 2. The third-order valence-electron chi connectivity index (χ3n) is 5.30. The first-order valence-corrected chi connectivity index (χ1v) is 12.0. The summed E-state index contributed by atoms with van der Waals surface area (Å²) in [7, 11) is 0. The molecule has 1 amide bonds. The number of hydrogen-bond acceptors (Lipinski definition) is 5. The molecule has 0 unspecified atom stereocenters. The Morgan fingerprint density at radius 1 is 1.10 bits per heavy atom.